The molecule has 3 aromatic rings. The molecule has 1 aromatic heterocycles. The Morgan fingerprint density at radius 2 is 2.00 bits per heavy atom. The van der Waals surface area contributed by atoms with Crippen molar-refractivity contribution in [3.63, 3.8) is 0 Å². The van der Waals surface area contributed by atoms with Gasteiger partial charge in [0.25, 0.3) is 5.91 Å². The van der Waals surface area contributed by atoms with Gasteiger partial charge in [0.1, 0.15) is 5.75 Å². The second kappa shape index (κ2) is 7.20. The highest BCUT2D eigenvalue weighted by molar-refractivity contribution is 7.16. The average molecular weight is 361 g/mol. The third-order valence-electron chi connectivity index (χ3n) is 3.68. The SMILES string of the molecule is CCc1ccc2c(c1)sc(=NC(=O)COc1ccc(Cl)cc1)n2C. The number of ether oxygens (including phenoxy) is 1. The largest absolute Gasteiger partial charge is 0.484 e. The summed E-state index contributed by atoms with van der Waals surface area (Å²) in [5.74, 6) is 0.277. The molecule has 0 unspecified atom stereocenters. The number of carbonyl (C=O) groups is 1. The van der Waals surface area contributed by atoms with E-state index < -0.39 is 0 Å². The molecule has 24 heavy (non-hydrogen) atoms. The number of aromatic nitrogens is 1. The monoisotopic (exact) mass is 360 g/mol. The summed E-state index contributed by atoms with van der Waals surface area (Å²) in [7, 11) is 1.91. The van der Waals surface area contributed by atoms with Crippen LogP contribution in [0.15, 0.2) is 47.5 Å². The summed E-state index contributed by atoms with van der Waals surface area (Å²) in [5.41, 5.74) is 2.34. The second-order valence-corrected chi connectivity index (χ2v) is 6.79. The van der Waals surface area contributed by atoms with Gasteiger partial charge in [0.15, 0.2) is 11.4 Å². The molecule has 6 heteroatoms. The molecule has 0 spiro atoms. The Hall–Kier alpha value is -2.11. The lowest BCUT2D eigenvalue weighted by molar-refractivity contribution is -0.120. The van der Waals surface area contributed by atoms with E-state index in [1.165, 1.54) is 16.9 Å². The van der Waals surface area contributed by atoms with Crippen LogP contribution in [0.25, 0.3) is 10.2 Å². The molecule has 0 bridgehead atoms. The van der Waals surface area contributed by atoms with Crippen LogP contribution < -0.4 is 9.54 Å². The van der Waals surface area contributed by atoms with Gasteiger partial charge in [-0.2, -0.15) is 4.99 Å². The molecular formula is C18H17ClN2O2S. The van der Waals surface area contributed by atoms with Crippen LogP contribution in [0.2, 0.25) is 5.02 Å². The van der Waals surface area contributed by atoms with E-state index in [4.69, 9.17) is 16.3 Å². The van der Waals surface area contributed by atoms with E-state index >= 15 is 0 Å². The molecule has 0 aliphatic heterocycles. The van der Waals surface area contributed by atoms with Crippen LogP contribution in [0.1, 0.15) is 12.5 Å². The van der Waals surface area contributed by atoms with Crippen molar-refractivity contribution in [2.24, 2.45) is 12.0 Å². The molecule has 0 fully saturated rings. The van der Waals surface area contributed by atoms with E-state index in [1.54, 1.807) is 24.3 Å². The fourth-order valence-electron chi connectivity index (χ4n) is 2.32. The predicted molar refractivity (Wildman–Crippen MR) is 97.7 cm³/mol. The molecule has 0 atom stereocenters. The molecular weight excluding hydrogens is 344 g/mol. The minimum atomic E-state index is -0.317. The highest BCUT2D eigenvalue weighted by Crippen LogP contribution is 2.19. The molecule has 0 N–H and O–H groups in total. The molecule has 0 aliphatic rings. The van der Waals surface area contributed by atoms with Crippen molar-refractivity contribution in [3.8, 4) is 5.75 Å². The lowest BCUT2D eigenvalue weighted by Crippen LogP contribution is -2.17. The fourth-order valence-corrected chi connectivity index (χ4v) is 3.55. The van der Waals surface area contributed by atoms with Gasteiger partial charge < -0.3 is 9.30 Å². The highest BCUT2D eigenvalue weighted by atomic mass is 35.5. The third-order valence-corrected chi connectivity index (χ3v) is 5.02. The smallest absolute Gasteiger partial charge is 0.286 e. The lowest BCUT2D eigenvalue weighted by atomic mass is 10.2. The Morgan fingerprint density at radius 3 is 2.71 bits per heavy atom. The molecule has 124 valence electrons. The zero-order chi connectivity index (χ0) is 17.1. The van der Waals surface area contributed by atoms with Crippen LogP contribution in [0, 0.1) is 0 Å². The molecule has 1 amide bonds. The Kier molecular flexibility index (Phi) is 5.02. The number of aryl methyl sites for hydroxylation is 2. The van der Waals surface area contributed by atoms with Gasteiger partial charge >= 0.3 is 0 Å². The average Bonchev–Trinajstić information content (AvgIpc) is 2.89. The van der Waals surface area contributed by atoms with Crippen LogP contribution in [-0.2, 0) is 18.3 Å². The lowest BCUT2D eigenvalue weighted by Gasteiger charge is -2.02. The van der Waals surface area contributed by atoms with Gasteiger partial charge in [-0.3, -0.25) is 4.79 Å². The minimum absolute atomic E-state index is 0.101. The number of nitrogens with zero attached hydrogens (tertiary/aromatic N) is 2. The van der Waals surface area contributed by atoms with Crippen molar-refractivity contribution in [1.29, 1.82) is 0 Å². The topological polar surface area (TPSA) is 43.6 Å². The number of carbonyl (C=O) groups excluding carboxylic acids is 1. The Bertz CT molecular complexity index is 942. The van der Waals surface area contributed by atoms with E-state index in [0.717, 1.165) is 16.6 Å². The summed E-state index contributed by atoms with van der Waals surface area (Å²) < 4.78 is 8.50. The minimum Gasteiger partial charge on any atom is -0.484 e. The summed E-state index contributed by atoms with van der Waals surface area (Å²) in [4.78, 5) is 16.9. The number of halogens is 1. The van der Waals surface area contributed by atoms with Crippen LogP contribution in [-0.4, -0.2) is 17.1 Å². The van der Waals surface area contributed by atoms with Crippen molar-refractivity contribution >= 4 is 39.1 Å². The molecule has 1 heterocycles. The quantitative estimate of drug-likeness (QED) is 0.706. The van der Waals surface area contributed by atoms with Gasteiger partial charge in [-0.15, -0.1) is 0 Å². The Balaban J connectivity index is 1.79. The summed E-state index contributed by atoms with van der Waals surface area (Å²) in [6.07, 6.45) is 0.984. The number of benzene rings is 2. The van der Waals surface area contributed by atoms with Crippen LogP contribution >= 0.6 is 22.9 Å². The molecule has 0 aliphatic carbocycles. The number of hydrogen-bond acceptors (Lipinski definition) is 3. The Morgan fingerprint density at radius 1 is 1.25 bits per heavy atom. The standard InChI is InChI=1S/C18H17ClN2O2S/c1-3-12-4-9-15-16(10-12)24-18(21(15)2)20-17(22)11-23-14-7-5-13(19)6-8-14/h4-10H,3,11H2,1-2H3. The van der Waals surface area contributed by atoms with Gasteiger partial charge in [0.05, 0.1) is 10.2 Å². The van der Waals surface area contributed by atoms with Crippen molar-refractivity contribution in [2.45, 2.75) is 13.3 Å². The first kappa shape index (κ1) is 16.7. The molecule has 3 rings (SSSR count). The van der Waals surface area contributed by atoms with Crippen LogP contribution in [0.3, 0.4) is 0 Å². The van der Waals surface area contributed by atoms with Gasteiger partial charge in [-0.1, -0.05) is 35.9 Å². The summed E-state index contributed by atoms with van der Waals surface area (Å²) in [6.45, 7) is 2.02. The van der Waals surface area contributed by atoms with Gasteiger partial charge in [-0.05, 0) is 48.4 Å². The maximum Gasteiger partial charge on any atom is 0.286 e. The molecule has 0 radical (unpaired) electrons. The second-order valence-electron chi connectivity index (χ2n) is 5.35. The predicted octanol–water partition coefficient (Wildman–Crippen LogP) is 3.96. The number of hydrogen-bond donors (Lipinski definition) is 0. The first-order valence-corrected chi connectivity index (χ1v) is 8.80. The van der Waals surface area contributed by atoms with Gasteiger partial charge in [-0.25, -0.2) is 0 Å². The number of rotatable bonds is 4. The first-order valence-electron chi connectivity index (χ1n) is 7.61. The fraction of sp³-hybridized carbons (Fsp3) is 0.222. The van der Waals surface area contributed by atoms with Gasteiger partial charge in [0, 0.05) is 12.1 Å². The molecule has 2 aromatic carbocycles. The summed E-state index contributed by atoms with van der Waals surface area (Å²) >= 11 is 7.32. The van der Waals surface area contributed by atoms with Crippen LogP contribution in [0.5, 0.6) is 5.75 Å². The van der Waals surface area contributed by atoms with E-state index in [9.17, 15) is 4.79 Å². The van der Waals surface area contributed by atoms with E-state index in [0.29, 0.717) is 15.6 Å². The summed E-state index contributed by atoms with van der Waals surface area (Å²) in [5, 5.41) is 0.627. The summed E-state index contributed by atoms with van der Waals surface area (Å²) in [6, 6.07) is 13.2. The van der Waals surface area contributed by atoms with E-state index in [-0.39, 0.29) is 12.5 Å². The number of thiazole rings is 1. The highest BCUT2D eigenvalue weighted by Gasteiger charge is 2.06. The third kappa shape index (κ3) is 3.68. The molecule has 0 saturated heterocycles. The maximum atomic E-state index is 12.1. The van der Waals surface area contributed by atoms with E-state index in [2.05, 4.69) is 30.1 Å². The number of amides is 1. The Labute approximate surface area is 149 Å². The van der Waals surface area contributed by atoms with Crippen LogP contribution in [0.4, 0.5) is 0 Å². The van der Waals surface area contributed by atoms with Gasteiger partial charge in [0.2, 0.25) is 0 Å². The normalized spacial score (nSPS) is 11.9. The van der Waals surface area contributed by atoms with E-state index in [1.807, 2.05) is 11.6 Å². The molecule has 4 nitrogen and oxygen atoms in total. The molecule has 0 saturated carbocycles. The zero-order valence-corrected chi connectivity index (χ0v) is 15.0. The van der Waals surface area contributed by atoms with Crippen molar-refractivity contribution in [1.82, 2.24) is 4.57 Å². The van der Waals surface area contributed by atoms with Crippen molar-refractivity contribution in [2.75, 3.05) is 6.61 Å². The number of fused-ring (bicyclic) bond motifs is 1. The maximum absolute atomic E-state index is 12.1. The zero-order valence-electron chi connectivity index (χ0n) is 13.5. The van der Waals surface area contributed by atoms with Crippen molar-refractivity contribution in [3.05, 3.63) is 57.9 Å². The van der Waals surface area contributed by atoms with Crippen molar-refractivity contribution < 1.29 is 9.53 Å². The first-order chi connectivity index (χ1) is 11.6.